The molecule has 0 aliphatic rings. The van der Waals surface area contributed by atoms with E-state index >= 15 is 0 Å². The van der Waals surface area contributed by atoms with Crippen LogP contribution in [0.5, 0.6) is 0 Å². The summed E-state index contributed by atoms with van der Waals surface area (Å²) < 4.78 is 26.7. The summed E-state index contributed by atoms with van der Waals surface area (Å²) in [6.45, 7) is 0.325. The second-order valence-electron chi connectivity index (χ2n) is 3.78. The van der Waals surface area contributed by atoms with Gasteiger partial charge in [-0.15, -0.1) is 11.3 Å². The molecule has 0 unspecified atom stereocenters. The molecule has 0 amide bonds. The molecule has 1 aromatic carbocycles. The number of nitrogens with one attached hydrogen (secondary N) is 1. The first-order chi connectivity index (χ1) is 9.00. The van der Waals surface area contributed by atoms with E-state index in [1.807, 2.05) is 17.5 Å². The van der Waals surface area contributed by atoms with Crippen LogP contribution in [-0.4, -0.2) is 15.0 Å². The van der Waals surface area contributed by atoms with Crippen molar-refractivity contribution in [2.75, 3.05) is 6.54 Å². The Morgan fingerprint density at radius 1 is 1.16 bits per heavy atom. The van der Waals surface area contributed by atoms with E-state index in [9.17, 15) is 8.42 Å². The van der Waals surface area contributed by atoms with Gasteiger partial charge in [0.1, 0.15) is 4.90 Å². The van der Waals surface area contributed by atoms with Gasteiger partial charge in [-0.1, -0.05) is 35.3 Å². The zero-order valence-electron chi connectivity index (χ0n) is 9.77. The fourth-order valence-corrected chi connectivity index (χ4v) is 4.03. The van der Waals surface area contributed by atoms with Crippen molar-refractivity contribution in [1.82, 2.24) is 4.72 Å². The van der Waals surface area contributed by atoms with E-state index in [-0.39, 0.29) is 14.9 Å². The molecule has 0 radical (unpaired) electrons. The summed E-state index contributed by atoms with van der Waals surface area (Å²) in [5.41, 5.74) is 0. The number of thiophene rings is 1. The lowest BCUT2D eigenvalue weighted by molar-refractivity contribution is 0.582. The number of halogens is 2. The van der Waals surface area contributed by atoms with Crippen molar-refractivity contribution >= 4 is 44.6 Å². The maximum atomic E-state index is 12.1. The average Bonchev–Trinajstić information content (AvgIpc) is 2.85. The minimum Gasteiger partial charge on any atom is -0.211 e. The van der Waals surface area contributed by atoms with Crippen LogP contribution in [0, 0.1) is 0 Å². The number of sulfonamides is 1. The van der Waals surface area contributed by atoms with E-state index in [1.54, 1.807) is 23.5 Å². The third-order valence-electron chi connectivity index (χ3n) is 2.45. The maximum absolute atomic E-state index is 12.1. The number of rotatable bonds is 5. The smallest absolute Gasteiger partial charge is 0.211 e. The molecule has 0 spiro atoms. The second kappa shape index (κ2) is 6.24. The standard InChI is InChI=1S/C12H11Cl2NO2S2/c13-10-4-1-5-11(12(10)14)19(16,17)15-7-6-9-3-2-8-18-9/h1-5,8,15H,6-7H2. The largest absolute Gasteiger partial charge is 0.242 e. The van der Waals surface area contributed by atoms with Crippen LogP contribution >= 0.6 is 34.5 Å². The molecule has 0 aliphatic carbocycles. The third-order valence-corrected chi connectivity index (χ3v) is 5.82. The molecule has 2 rings (SSSR count). The number of hydrogen-bond donors (Lipinski definition) is 1. The lowest BCUT2D eigenvalue weighted by atomic mass is 10.3. The Labute approximate surface area is 126 Å². The minimum absolute atomic E-state index is 0.00727. The summed E-state index contributed by atoms with van der Waals surface area (Å²) in [5.74, 6) is 0. The Balaban J connectivity index is 2.08. The van der Waals surface area contributed by atoms with Crippen LogP contribution in [0.4, 0.5) is 0 Å². The molecule has 0 aliphatic heterocycles. The molecule has 0 fully saturated rings. The fourth-order valence-electron chi connectivity index (χ4n) is 1.53. The topological polar surface area (TPSA) is 46.2 Å². The highest BCUT2D eigenvalue weighted by Crippen LogP contribution is 2.28. The van der Waals surface area contributed by atoms with Gasteiger partial charge in [-0.25, -0.2) is 13.1 Å². The van der Waals surface area contributed by atoms with Crippen molar-refractivity contribution in [3.8, 4) is 0 Å². The Bertz CT molecular complexity index is 654. The van der Waals surface area contributed by atoms with Crippen LogP contribution in [0.15, 0.2) is 40.6 Å². The normalized spacial score (nSPS) is 11.7. The molecule has 0 saturated carbocycles. The zero-order chi connectivity index (χ0) is 13.9. The van der Waals surface area contributed by atoms with Gasteiger partial charge in [-0.05, 0) is 30.0 Å². The highest BCUT2D eigenvalue weighted by Gasteiger charge is 2.18. The second-order valence-corrected chi connectivity index (χ2v) is 7.33. The minimum atomic E-state index is -3.63. The van der Waals surface area contributed by atoms with Crippen LogP contribution in [0.25, 0.3) is 0 Å². The van der Waals surface area contributed by atoms with Gasteiger partial charge in [0.2, 0.25) is 10.0 Å². The van der Waals surface area contributed by atoms with Crippen LogP contribution in [0.1, 0.15) is 4.88 Å². The van der Waals surface area contributed by atoms with Crippen molar-refractivity contribution in [1.29, 1.82) is 0 Å². The number of hydrogen-bond acceptors (Lipinski definition) is 3. The monoisotopic (exact) mass is 335 g/mol. The van der Waals surface area contributed by atoms with Gasteiger partial charge >= 0.3 is 0 Å². The predicted molar refractivity (Wildman–Crippen MR) is 79.7 cm³/mol. The van der Waals surface area contributed by atoms with Gasteiger partial charge in [0, 0.05) is 11.4 Å². The van der Waals surface area contributed by atoms with Crippen LogP contribution < -0.4 is 4.72 Å². The fraction of sp³-hybridized carbons (Fsp3) is 0.167. The van der Waals surface area contributed by atoms with Crippen LogP contribution in [0.3, 0.4) is 0 Å². The van der Waals surface area contributed by atoms with Crippen molar-refractivity contribution in [2.24, 2.45) is 0 Å². The summed E-state index contributed by atoms with van der Waals surface area (Å²) >= 11 is 13.3. The molecular formula is C12H11Cl2NO2S2. The van der Waals surface area contributed by atoms with Gasteiger partial charge in [0.15, 0.2) is 0 Å². The van der Waals surface area contributed by atoms with Gasteiger partial charge in [-0.3, -0.25) is 0 Å². The summed E-state index contributed by atoms with van der Waals surface area (Å²) in [5, 5.41) is 2.23. The summed E-state index contributed by atoms with van der Waals surface area (Å²) in [6, 6.07) is 8.44. The molecular weight excluding hydrogens is 325 g/mol. The quantitative estimate of drug-likeness (QED) is 0.907. The number of benzene rings is 1. The molecule has 3 nitrogen and oxygen atoms in total. The van der Waals surface area contributed by atoms with Crippen LogP contribution in [-0.2, 0) is 16.4 Å². The average molecular weight is 336 g/mol. The summed E-state index contributed by atoms with van der Waals surface area (Å²) in [6.07, 6.45) is 0.648. The molecule has 1 N–H and O–H groups in total. The van der Waals surface area contributed by atoms with E-state index < -0.39 is 10.0 Å². The van der Waals surface area contributed by atoms with Gasteiger partial charge in [0.05, 0.1) is 10.0 Å². The Morgan fingerprint density at radius 3 is 2.63 bits per heavy atom. The summed E-state index contributed by atoms with van der Waals surface area (Å²) in [4.78, 5) is 1.13. The van der Waals surface area contributed by atoms with Crippen molar-refractivity contribution in [3.05, 3.63) is 50.6 Å². The van der Waals surface area contributed by atoms with E-state index in [1.165, 1.54) is 6.07 Å². The molecule has 0 bridgehead atoms. The van der Waals surface area contributed by atoms with Gasteiger partial charge in [0.25, 0.3) is 0 Å². The van der Waals surface area contributed by atoms with Gasteiger partial charge in [-0.2, -0.15) is 0 Å². The van der Waals surface area contributed by atoms with Crippen LogP contribution in [0.2, 0.25) is 10.0 Å². The third kappa shape index (κ3) is 3.70. The van der Waals surface area contributed by atoms with E-state index in [4.69, 9.17) is 23.2 Å². The van der Waals surface area contributed by atoms with Crippen molar-refractivity contribution in [3.63, 3.8) is 0 Å². The lowest BCUT2D eigenvalue weighted by Crippen LogP contribution is -2.26. The highest BCUT2D eigenvalue weighted by molar-refractivity contribution is 7.89. The Morgan fingerprint density at radius 2 is 1.95 bits per heavy atom. The van der Waals surface area contributed by atoms with E-state index in [0.29, 0.717) is 13.0 Å². The molecule has 1 aromatic heterocycles. The molecule has 7 heteroatoms. The molecule has 2 aromatic rings. The molecule has 102 valence electrons. The van der Waals surface area contributed by atoms with E-state index in [2.05, 4.69) is 4.72 Å². The molecule has 0 atom stereocenters. The first kappa shape index (κ1) is 14.8. The molecule has 1 heterocycles. The Hall–Kier alpha value is -0.590. The first-order valence-electron chi connectivity index (χ1n) is 5.47. The van der Waals surface area contributed by atoms with Gasteiger partial charge < -0.3 is 0 Å². The maximum Gasteiger partial charge on any atom is 0.242 e. The summed E-state index contributed by atoms with van der Waals surface area (Å²) in [7, 11) is -3.63. The lowest BCUT2D eigenvalue weighted by Gasteiger charge is -2.08. The highest BCUT2D eigenvalue weighted by atomic mass is 35.5. The van der Waals surface area contributed by atoms with Crippen molar-refractivity contribution < 1.29 is 8.42 Å². The van der Waals surface area contributed by atoms with Crippen molar-refractivity contribution in [2.45, 2.75) is 11.3 Å². The molecule has 0 saturated heterocycles. The molecule has 19 heavy (non-hydrogen) atoms. The Kier molecular flexibility index (Phi) is 4.86. The van der Waals surface area contributed by atoms with E-state index in [0.717, 1.165) is 4.88 Å². The SMILES string of the molecule is O=S(=O)(NCCc1cccs1)c1cccc(Cl)c1Cl. The zero-order valence-corrected chi connectivity index (χ0v) is 12.9. The first-order valence-corrected chi connectivity index (χ1v) is 8.58. The predicted octanol–water partition coefficient (Wildman–Crippen LogP) is 3.58.